The molecule has 1 N–H and O–H groups in total. The van der Waals surface area contributed by atoms with Crippen molar-refractivity contribution in [1.82, 2.24) is 15.1 Å². The van der Waals surface area contributed by atoms with Crippen molar-refractivity contribution in [1.29, 1.82) is 0 Å². The highest BCUT2D eigenvalue weighted by Crippen LogP contribution is 2.22. The molecule has 0 unspecified atom stereocenters. The van der Waals surface area contributed by atoms with E-state index in [1.165, 1.54) is 12.1 Å². The van der Waals surface area contributed by atoms with Crippen molar-refractivity contribution in [3.05, 3.63) is 65.2 Å². The summed E-state index contributed by atoms with van der Waals surface area (Å²) < 4.78 is 27.6. The van der Waals surface area contributed by atoms with E-state index in [1.54, 1.807) is 19.0 Å². The number of piperazine rings is 1. The van der Waals surface area contributed by atoms with E-state index in [9.17, 15) is 13.6 Å². The summed E-state index contributed by atoms with van der Waals surface area (Å²) in [4.78, 5) is 22.3. The SMILES string of the molecule is CCNC(=NCc1ccc(C(=O)N(C)C)cc1)N1CCN(c2cc(F)ccc2F)CC1.I. The number of nitrogens with one attached hydrogen (secondary N) is 1. The van der Waals surface area contributed by atoms with Gasteiger partial charge in [-0.05, 0) is 36.8 Å². The number of carbonyl (C=O) groups is 1. The number of halogens is 3. The molecule has 0 saturated carbocycles. The molecule has 1 heterocycles. The van der Waals surface area contributed by atoms with Gasteiger partial charge in [-0.1, -0.05) is 12.1 Å². The molecule has 1 saturated heterocycles. The Bertz CT molecular complexity index is 928. The van der Waals surface area contributed by atoms with E-state index in [1.807, 2.05) is 36.1 Å². The number of guanidine groups is 1. The molecule has 1 amide bonds. The van der Waals surface area contributed by atoms with Gasteiger partial charge >= 0.3 is 0 Å². The van der Waals surface area contributed by atoms with Crippen LogP contribution in [0.2, 0.25) is 0 Å². The predicted molar refractivity (Wildman–Crippen MR) is 135 cm³/mol. The molecule has 0 radical (unpaired) electrons. The van der Waals surface area contributed by atoms with Crippen molar-refractivity contribution in [2.45, 2.75) is 13.5 Å². The van der Waals surface area contributed by atoms with Crippen LogP contribution in [0.4, 0.5) is 14.5 Å². The van der Waals surface area contributed by atoms with Gasteiger partial charge < -0.3 is 20.0 Å². The first-order chi connectivity index (χ1) is 14.9. The van der Waals surface area contributed by atoms with Gasteiger partial charge in [0.1, 0.15) is 11.6 Å². The first kappa shape index (κ1) is 25.8. The molecule has 6 nitrogen and oxygen atoms in total. The Balaban J connectivity index is 0.00000363. The summed E-state index contributed by atoms with van der Waals surface area (Å²) in [6.07, 6.45) is 0. The van der Waals surface area contributed by atoms with Crippen molar-refractivity contribution in [2.24, 2.45) is 4.99 Å². The molecule has 0 aliphatic carbocycles. The number of nitrogens with zero attached hydrogens (tertiary/aromatic N) is 4. The third-order valence-corrected chi connectivity index (χ3v) is 5.18. The molecular weight excluding hydrogens is 527 g/mol. The highest BCUT2D eigenvalue weighted by Gasteiger charge is 2.22. The molecule has 2 aromatic carbocycles. The molecule has 174 valence electrons. The number of anilines is 1. The summed E-state index contributed by atoms with van der Waals surface area (Å²) in [6, 6.07) is 11.0. The lowest BCUT2D eigenvalue weighted by molar-refractivity contribution is 0.0827. The van der Waals surface area contributed by atoms with Gasteiger partial charge in [-0.3, -0.25) is 4.79 Å². The summed E-state index contributed by atoms with van der Waals surface area (Å²) in [5.41, 5.74) is 1.95. The van der Waals surface area contributed by atoms with Crippen LogP contribution in [-0.2, 0) is 6.54 Å². The molecular formula is C23H30F2IN5O. The van der Waals surface area contributed by atoms with Gasteiger partial charge in [0.05, 0.1) is 12.2 Å². The number of aliphatic imine (C=N–C) groups is 1. The van der Waals surface area contributed by atoms with Crippen molar-refractivity contribution in [2.75, 3.05) is 51.7 Å². The van der Waals surface area contributed by atoms with Gasteiger partial charge in [-0.25, -0.2) is 13.8 Å². The zero-order valence-corrected chi connectivity index (χ0v) is 21.0. The van der Waals surface area contributed by atoms with Crippen LogP contribution in [-0.4, -0.2) is 68.5 Å². The van der Waals surface area contributed by atoms with Gasteiger partial charge in [-0.15, -0.1) is 24.0 Å². The minimum absolute atomic E-state index is 0. The summed E-state index contributed by atoms with van der Waals surface area (Å²) in [5, 5.41) is 3.30. The molecule has 9 heteroatoms. The maximum Gasteiger partial charge on any atom is 0.253 e. The van der Waals surface area contributed by atoms with E-state index < -0.39 is 11.6 Å². The predicted octanol–water partition coefficient (Wildman–Crippen LogP) is 3.57. The van der Waals surface area contributed by atoms with Gasteiger partial charge in [0.15, 0.2) is 5.96 Å². The van der Waals surface area contributed by atoms with Crippen LogP contribution in [0.25, 0.3) is 0 Å². The van der Waals surface area contributed by atoms with Gasteiger partial charge in [0.25, 0.3) is 5.91 Å². The Labute approximate surface area is 205 Å². The van der Waals surface area contributed by atoms with Crippen molar-refractivity contribution >= 4 is 41.5 Å². The first-order valence-electron chi connectivity index (χ1n) is 10.4. The summed E-state index contributed by atoms with van der Waals surface area (Å²) in [6.45, 7) is 5.68. The van der Waals surface area contributed by atoms with Crippen LogP contribution in [0.3, 0.4) is 0 Å². The average Bonchev–Trinajstić information content (AvgIpc) is 2.78. The minimum atomic E-state index is -0.438. The van der Waals surface area contributed by atoms with Crippen molar-refractivity contribution in [3.8, 4) is 0 Å². The van der Waals surface area contributed by atoms with E-state index in [-0.39, 0.29) is 29.9 Å². The molecule has 0 spiro atoms. The molecule has 0 aromatic heterocycles. The zero-order valence-electron chi connectivity index (χ0n) is 18.6. The largest absolute Gasteiger partial charge is 0.366 e. The van der Waals surface area contributed by atoms with Gasteiger partial charge in [0, 0.05) is 58.4 Å². The summed E-state index contributed by atoms with van der Waals surface area (Å²) in [7, 11) is 3.46. The van der Waals surface area contributed by atoms with E-state index in [0.29, 0.717) is 44.0 Å². The number of hydrogen-bond acceptors (Lipinski definition) is 3. The Hall–Kier alpha value is -2.43. The van der Waals surface area contributed by atoms with Crippen LogP contribution in [0.1, 0.15) is 22.8 Å². The molecule has 3 rings (SSSR count). The molecule has 2 aromatic rings. The quantitative estimate of drug-likeness (QED) is 0.347. The van der Waals surface area contributed by atoms with Crippen LogP contribution in [0.15, 0.2) is 47.5 Å². The van der Waals surface area contributed by atoms with Gasteiger partial charge in [-0.2, -0.15) is 0 Å². The lowest BCUT2D eigenvalue weighted by Crippen LogP contribution is -2.52. The van der Waals surface area contributed by atoms with Crippen LogP contribution in [0.5, 0.6) is 0 Å². The molecule has 1 aliphatic rings. The Morgan fingerprint density at radius 2 is 1.72 bits per heavy atom. The fraction of sp³-hybridized carbons (Fsp3) is 0.391. The van der Waals surface area contributed by atoms with Crippen molar-refractivity contribution < 1.29 is 13.6 Å². The van der Waals surface area contributed by atoms with Crippen LogP contribution in [0, 0.1) is 11.6 Å². The van der Waals surface area contributed by atoms with Crippen LogP contribution >= 0.6 is 24.0 Å². The highest BCUT2D eigenvalue weighted by atomic mass is 127. The number of hydrogen-bond donors (Lipinski definition) is 1. The number of carbonyl (C=O) groups excluding carboxylic acids is 1. The molecule has 1 fully saturated rings. The van der Waals surface area contributed by atoms with E-state index in [0.717, 1.165) is 24.1 Å². The topological polar surface area (TPSA) is 51.2 Å². The first-order valence-corrected chi connectivity index (χ1v) is 10.4. The van der Waals surface area contributed by atoms with Crippen LogP contribution < -0.4 is 10.2 Å². The van der Waals surface area contributed by atoms with E-state index >= 15 is 0 Å². The number of benzene rings is 2. The van der Waals surface area contributed by atoms with Crippen molar-refractivity contribution in [3.63, 3.8) is 0 Å². The monoisotopic (exact) mass is 557 g/mol. The highest BCUT2D eigenvalue weighted by molar-refractivity contribution is 14.0. The molecule has 1 aliphatic heterocycles. The average molecular weight is 557 g/mol. The molecule has 0 atom stereocenters. The molecule has 0 bridgehead atoms. The second kappa shape index (κ2) is 12.0. The summed E-state index contributed by atoms with van der Waals surface area (Å²) >= 11 is 0. The van der Waals surface area contributed by atoms with E-state index in [4.69, 9.17) is 4.99 Å². The Morgan fingerprint density at radius 3 is 2.31 bits per heavy atom. The zero-order chi connectivity index (χ0) is 22.4. The maximum absolute atomic E-state index is 14.1. The number of amides is 1. The second-order valence-corrected chi connectivity index (χ2v) is 7.64. The van der Waals surface area contributed by atoms with Gasteiger partial charge in [0.2, 0.25) is 0 Å². The van der Waals surface area contributed by atoms with E-state index in [2.05, 4.69) is 10.2 Å². The Kier molecular flexibility index (Phi) is 9.67. The molecule has 32 heavy (non-hydrogen) atoms. The smallest absolute Gasteiger partial charge is 0.253 e. The maximum atomic E-state index is 14.1. The third-order valence-electron chi connectivity index (χ3n) is 5.18. The lowest BCUT2D eigenvalue weighted by atomic mass is 10.1. The third kappa shape index (κ3) is 6.54. The summed E-state index contributed by atoms with van der Waals surface area (Å²) in [5.74, 6) is -0.0926. The number of rotatable bonds is 5. The second-order valence-electron chi connectivity index (χ2n) is 7.64. The Morgan fingerprint density at radius 1 is 1.06 bits per heavy atom. The lowest BCUT2D eigenvalue weighted by Gasteiger charge is -2.37. The minimum Gasteiger partial charge on any atom is -0.366 e. The standard InChI is InChI=1S/C23H29F2N5O.HI/c1-4-26-23(27-16-17-5-7-18(8-6-17)22(31)28(2)3)30-13-11-29(12-14-30)21-15-19(24)9-10-20(21)25;/h5-10,15H,4,11-14,16H2,1-3H3,(H,26,27);1H. The fourth-order valence-electron chi connectivity index (χ4n) is 3.49. The normalized spacial score (nSPS) is 14.1. The fourth-order valence-corrected chi connectivity index (χ4v) is 3.49.